The van der Waals surface area contributed by atoms with E-state index in [0.29, 0.717) is 5.92 Å². The molecular weight excluding hydrogens is 312 g/mol. The lowest BCUT2D eigenvalue weighted by molar-refractivity contribution is -0.138. The molecule has 0 heterocycles. The minimum Gasteiger partial charge on any atom is -0.496 e. The highest BCUT2D eigenvalue weighted by atomic mass is 79.9. The van der Waals surface area contributed by atoms with Crippen molar-refractivity contribution in [3.8, 4) is 11.5 Å². The van der Waals surface area contributed by atoms with E-state index in [0.717, 1.165) is 40.8 Å². The molecule has 0 radical (unpaired) electrons. The van der Waals surface area contributed by atoms with E-state index in [4.69, 9.17) is 14.6 Å². The summed E-state index contributed by atoms with van der Waals surface area (Å²) in [7, 11) is 3.24. The Morgan fingerprint density at radius 2 is 2.05 bits per heavy atom. The van der Waals surface area contributed by atoms with Gasteiger partial charge in [-0.3, -0.25) is 4.79 Å². The largest absolute Gasteiger partial charge is 0.496 e. The number of hydrogen-bond donors (Lipinski definition) is 1. The summed E-state index contributed by atoms with van der Waals surface area (Å²) in [5.41, 5.74) is 1.08. The van der Waals surface area contributed by atoms with Crippen molar-refractivity contribution in [2.75, 3.05) is 14.2 Å². The number of benzene rings is 1. The Morgan fingerprint density at radius 3 is 2.58 bits per heavy atom. The van der Waals surface area contributed by atoms with Crippen LogP contribution in [0.2, 0.25) is 0 Å². The van der Waals surface area contributed by atoms with Crippen LogP contribution in [0.1, 0.15) is 18.4 Å². The van der Waals surface area contributed by atoms with Crippen LogP contribution in [0.25, 0.3) is 0 Å². The molecule has 1 aliphatic rings. The van der Waals surface area contributed by atoms with Crippen LogP contribution >= 0.6 is 15.9 Å². The Kier molecular flexibility index (Phi) is 4.34. The van der Waals surface area contributed by atoms with Gasteiger partial charge in [-0.15, -0.1) is 0 Å². The van der Waals surface area contributed by atoms with Crippen molar-refractivity contribution in [3.63, 3.8) is 0 Å². The zero-order valence-electron chi connectivity index (χ0n) is 11.0. The van der Waals surface area contributed by atoms with Gasteiger partial charge >= 0.3 is 5.97 Å². The lowest BCUT2D eigenvalue weighted by Gasteiger charge is -2.12. The van der Waals surface area contributed by atoms with Gasteiger partial charge in [0.2, 0.25) is 0 Å². The lowest BCUT2D eigenvalue weighted by Crippen LogP contribution is -2.01. The Morgan fingerprint density at radius 1 is 1.37 bits per heavy atom. The fourth-order valence-corrected chi connectivity index (χ4v) is 2.88. The molecule has 0 spiro atoms. The van der Waals surface area contributed by atoms with Gasteiger partial charge in [0, 0.05) is 6.07 Å². The first-order valence-corrected chi connectivity index (χ1v) is 6.99. The number of ether oxygens (including phenoxy) is 2. The van der Waals surface area contributed by atoms with E-state index < -0.39 is 5.97 Å². The number of rotatable bonds is 6. The molecule has 1 aromatic rings. The first-order chi connectivity index (χ1) is 9.06. The molecule has 0 aliphatic heterocycles. The van der Waals surface area contributed by atoms with Crippen molar-refractivity contribution in [3.05, 3.63) is 22.2 Å². The van der Waals surface area contributed by atoms with Crippen LogP contribution in [0.15, 0.2) is 16.6 Å². The van der Waals surface area contributed by atoms with Gasteiger partial charge in [-0.25, -0.2) is 0 Å². The fourth-order valence-electron chi connectivity index (χ4n) is 2.33. The van der Waals surface area contributed by atoms with Crippen LogP contribution < -0.4 is 9.47 Å². The summed E-state index contributed by atoms with van der Waals surface area (Å²) in [6.45, 7) is 0. The van der Waals surface area contributed by atoms with E-state index in [-0.39, 0.29) is 5.92 Å². The number of aliphatic carboxylic acids is 1. The zero-order valence-corrected chi connectivity index (χ0v) is 12.6. The highest BCUT2D eigenvalue weighted by molar-refractivity contribution is 9.10. The van der Waals surface area contributed by atoms with Gasteiger partial charge in [0.25, 0.3) is 0 Å². The summed E-state index contributed by atoms with van der Waals surface area (Å²) in [5.74, 6) is 1.01. The maximum absolute atomic E-state index is 10.8. The average Bonchev–Trinajstić information content (AvgIpc) is 3.16. The van der Waals surface area contributed by atoms with Crippen molar-refractivity contribution in [2.24, 2.45) is 11.8 Å². The molecule has 0 amide bonds. The Balaban J connectivity index is 2.04. The molecule has 1 saturated carbocycles. The number of carboxylic acid groups (broad SMARTS) is 1. The van der Waals surface area contributed by atoms with Crippen LogP contribution in [0.5, 0.6) is 11.5 Å². The molecule has 2 unspecified atom stereocenters. The first-order valence-electron chi connectivity index (χ1n) is 6.20. The third-order valence-electron chi connectivity index (χ3n) is 3.58. The van der Waals surface area contributed by atoms with Crippen LogP contribution in [0, 0.1) is 11.8 Å². The van der Waals surface area contributed by atoms with E-state index in [2.05, 4.69) is 15.9 Å². The maximum Gasteiger partial charge on any atom is 0.306 e. The molecule has 2 atom stereocenters. The Hall–Kier alpha value is -1.23. The van der Waals surface area contributed by atoms with Crippen molar-refractivity contribution >= 4 is 21.9 Å². The number of methoxy groups -OCH3 is 2. The van der Waals surface area contributed by atoms with Crippen molar-refractivity contribution < 1.29 is 19.4 Å². The summed E-state index contributed by atoms with van der Waals surface area (Å²) < 4.78 is 11.5. The highest BCUT2D eigenvalue weighted by Crippen LogP contribution is 2.43. The Bertz CT molecular complexity index is 487. The van der Waals surface area contributed by atoms with E-state index in [1.165, 1.54) is 0 Å². The first kappa shape index (κ1) is 14.2. The van der Waals surface area contributed by atoms with Gasteiger partial charge in [0.05, 0.1) is 24.6 Å². The summed E-state index contributed by atoms with van der Waals surface area (Å²) in [6, 6.07) is 3.83. The van der Waals surface area contributed by atoms with E-state index in [9.17, 15) is 4.79 Å². The standard InChI is InChI=1S/C14H17BrO4/c1-18-12-7-13(19-2)11(15)6-9(12)4-3-8-5-10(8)14(16)17/h6-8,10H,3-5H2,1-2H3,(H,16,17). The molecule has 1 fully saturated rings. The van der Waals surface area contributed by atoms with Crippen molar-refractivity contribution in [1.29, 1.82) is 0 Å². The third-order valence-corrected chi connectivity index (χ3v) is 4.20. The number of carboxylic acids is 1. The predicted octanol–water partition coefficient (Wildman–Crippen LogP) is 3.12. The fraction of sp³-hybridized carbons (Fsp3) is 0.500. The molecule has 0 bridgehead atoms. The molecule has 5 heteroatoms. The van der Waals surface area contributed by atoms with Gasteiger partial charge in [-0.1, -0.05) is 0 Å². The highest BCUT2D eigenvalue weighted by Gasteiger charge is 2.42. The molecule has 4 nitrogen and oxygen atoms in total. The SMILES string of the molecule is COc1cc(OC)c(CCC2CC2C(=O)O)cc1Br. The number of carbonyl (C=O) groups is 1. The van der Waals surface area contributed by atoms with E-state index in [1.807, 2.05) is 12.1 Å². The zero-order chi connectivity index (χ0) is 14.0. The van der Waals surface area contributed by atoms with Crippen LogP contribution in [0.4, 0.5) is 0 Å². The lowest BCUT2D eigenvalue weighted by atomic mass is 10.1. The van der Waals surface area contributed by atoms with Crippen LogP contribution in [-0.2, 0) is 11.2 Å². The van der Waals surface area contributed by atoms with Crippen molar-refractivity contribution in [2.45, 2.75) is 19.3 Å². The average molecular weight is 329 g/mol. The van der Waals surface area contributed by atoms with Gasteiger partial charge in [0.15, 0.2) is 0 Å². The Labute approximate surface area is 120 Å². The molecule has 1 aliphatic carbocycles. The monoisotopic (exact) mass is 328 g/mol. The van der Waals surface area contributed by atoms with Crippen LogP contribution in [-0.4, -0.2) is 25.3 Å². The summed E-state index contributed by atoms with van der Waals surface area (Å²) >= 11 is 3.45. The number of aryl methyl sites for hydroxylation is 1. The van der Waals surface area contributed by atoms with Crippen LogP contribution in [0.3, 0.4) is 0 Å². The molecule has 104 valence electrons. The minimum absolute atomic E-state index is 0.146. The van der Waals surface area contributed by atoms with Crippen molar-refractivity contribution in [1.82, 2.24) is 0 Å². The summed E-state index contributed by atoms with van der Waals surface area (Å²) in [6.07, 6.45) is 2.50. The summed E-state index contributed by atoms with van der Waals surface area (Å²) in [5, 5.41) is 8.89. The quantitative estimate of drug-likeness (QED) is 0.871. The molecule has 0 saturated heterocycles. The van der Waals surface area contributed by atoms with E-state index >= 15 is 0 Å². The van der Waals surface area contributed by atoms with E-state index in [1.54, 1.807) is 14.2 Å². The molecular formula is C14H17BrO4. The molecule has 0 aromatic heterocycles. The second-order valence-electron chi connectivity index (χ2n) is 4.78. The maximum atomic E-state index is 10.8. The topological polar surface area (TPSA) is 55.8 Å². The second kappa shape index (κ2) is 5.82. The molecule has 2 rings (SSSR count). The minimum atomic E-state index is -0.673. The number of hydrogen-bond acceptors (Lipinski definition) is 3. The second-order valence-corrected chi connectivity index (χ2v) is 5.63. The molecule has 1 N–H and O–H groups in total. The van der Waals surface area contributed by atoms with Gasteiger partial charge in [-0.2, -0.15) is 0 Å². The third kappa shape index (κ3) is 3.21. The smallest absolute Gasteiger partial charge is 0.306 e. The normalized spacial score (nSPS) is 21.0. The van der Waals surface area contributed by atoms with Gasteiger partial charge in [0.1, 0.15) is 11.5 Å². The van der Waals surface area contributed by atoms with Gasteiger partial charge < -0.3 is 14.6 Å². The predicted molar refractivity (Wildman–Crippen MR) is 74.8 cm³/mol. The molecule has 19 heavy (non-hydrogen) atoms. The molecule has 1 aromatic carbocycles. The summed E-state index contributed by atoms with van der Waals surface area (Å²) in [4.78, 5) is 10.8. The van der Waals surface area contributed by atoms with Gasteiger partial charge in [-0.05, 0) is 52.7 Å². The number of halogens is 1.